The number of aryl methyl sites for hydroxylation is 1. The van der Waals surface area contributed by atoms with Crippen LogP contribution in [-0.2, 0) is 12.6 Å². The van der Waals surface area contributed by atoms with E-state index in [-0.39, 0.29) is 5.56 Å². The fourth-order valence-electron chi connectivity index (χ4n) is 3.26. The minimum atomic E-state index is -4.36. The number of hydrogen-bond donors (Lipinski definition) is 2. The monoisotopic (exact) mass is 560 g/mol. The maximum absolute atomic E-state index is 12.7. The maximum atomic E-state index is 12.7. The Hall–Kier alpha value is -3.50. The van der Waals surface area contributed by atoms with Crippen molar-refractivity contribution in [1.29, 1.82) is 0 Å². The van der Waals surface area contributed by atoms with Gasteiger partial charge in [-0.3, -0.25) is 0 Å². The number of carbonyl (C=O) groups is 1. The van der Waals surface area contributed by atoms with Crippen molar-refractivity contribution >= 4 is 34.9 Å². The Morgan fingerprint density at radius 1 is 1.05 bits per heavy atom. The lowest BCUT2D eigenvalue weighted by molar-refractivity contribution is -0.137. The van der Waals surface area contributed by atoms with Crippen LogP contribution in [-0.4, -0.2) is 22.7 Å². The topological polar surface area (TPSA) is 71.5 Å². The van der Waals surface area contributed by atoms with Gasteiger partial charge in [0.1, 0.15) is 10.8 Å². The highest BCUT2D eigenvalue weighted by molar-refractivity contribution is 8.00. The summed E-state index contributed by atoms with van der Waals surface area (Å²) in [6, 6.07) is 17.6. The van der Waals surface area contributed by atoms with Crippen LogP contribution in [0.4, 0.5) is 18.9 Å². The van der Waals surface area contributed by atoms with Gasteiger partial charge in [-0.25, -0.2) is 9.78 Å². The van der Waals surface area contributed by atoms with Gasteiger partial charge in [0.05, 0.1) is 23.4 Å². The van der Waals surface area contributed by atoms with Crippen molar-refractivity contribution in [1.82, 2.24) is 4.98 Å². The van der Waals surface area contributed by atoms with Crippen LogP contribution < -0.4 is 9.46 Å². The number of carboxylic acids is 1. The van der Waals surface area contributed by atoms with Gasteiger partial charge in [0, 0.05) is 27.9 Å². The number of benzene rings is 3. The third-order valence-corrected chi connectivity index (χ3v) is 6.99. The van der Waals surface area contributed by atoms with Crippen LogP contribution >= 0.6 is 23.3 Å². The molecule has 4 rings (SSSR count). The fourth-order valence-corrected chi connectivity index (χ4v) is 4.81. The zero-order valence-corrected chi connectivity index (χ0v) is 22.6. The summed E-state index contributed by atoms with van der Waals surface area (Å²) >= 11 is 2.70. The molecule has 1 aromatic heterocycles. The summed E-state index contributed by atoms with van der Waals surface area (Å²) in [4.78, 5) is 16.6. The molecule has 0 unspecified atom stereocenters. The first-order valence-electron chi connectivity index (χ1n) is 11.8. The normalized spacial score (nSPS) is 10.9. The Labute approximate surface area is 227 Å². The minimum absolute atomic E-state index is 0.275. The van der Waals surface area contributed by atoms with Crippen molar-refractivity contribution in [3.63, 3.8) is 0 Å². The molecule has 0 saturated heterocycles. The number of alkyl halides is 3. The molecule has 0 radical (unpaired) electrons. The van der Waals surface area contributed by atoms with Gasteiger partial charge in [-0.05, 0) is 73.0 Å². The van der Waals surface area contributed by atoms with Gasteiger partial charge >= 0.3 is 12.1 Å². The van der Waals surface area contributed by atoms with Crippen molar-refractivity contribution in [2.75, 3.05) is 11.3 Å². The first kappa shape index (κ1) is 29.1. The maximum Gasteiger partial charge on any atom is 0.416 e. The van der Waals surface area contributed by atoms with Gasteiger partial charge in [-0.1, -0.05) is 32.0 Å². The van der Waals surface area contributed by atoms with Gasteiger partial charge in [0.2, 0.25) is 0 Å². The van der Waals surface area contributed by atoms with Gasteiger partial charge in [-0.2, -0.15) is 13.2 Å². The number of nitrogens with zero attached hydrogens (tertiary/aromatic N) is 1. The molecule has 0 aliphatic heterocycles. The molecule has 0 saturated carbocycles. The van der Waals surface area contributed by atoms with E-state index in [1.807, 2.05) is 49.6 Å². The fraction of sp³-hybridized carbons (Fsp3) is 0.214. The number of halogens is 3. The second-order valence-electron chi connectivity index (χ2n) is 7.83. The highest BCUT2D eigenvalue weighted by Crippen LogP contribution is 2.32. The number of ether oxygens (including phenoxy) is 1. The van der Waals surface area contributed by atoms with Crippen LogP contribution in [0.1, 0.15) is 41.0 Å². The standard InChI is InChI=1S/C26H21F3N2O3S2.C2H6/c1-16-2-11-22(14-23(16)25(32)33)36-31-19-7-9-21(10-8-19)34-13-12-20-15-35-24(30-20)17-3-5-18(6-4-17)26(27,28)29;1-2/h2-11,14-15,31H,12-13H2,1H3,(H,32,33);1-2H3. The van der Waals surface area contributed by atoms with Crippen LogP contribution in [0.3, 0.4) is 0 Å². The summed E-state index contributed by atoms with van der Waals surface area (Å²) in [5.41, 5.74) is 2.59. The van der Waals surface area contributed by atoms with Crippen LogP contribution in [0, 0.1) is 6.92 Å². The van der Waals surface area contributed by atoms with Gasteiger partial charge in [0.15, 0.2) is 0 Å². The molecule has 0 spiro atoms. The molecule has 10 heteroatoms. The molecule has 5 nitrogen and oxygen atoms in total. The number of anilines is 1. The highest BCUT2D eigenvalue weighted by Gasteiger charge is 2.30. The zero-order valence-electron chi connectivity index (χ0n) is 21.0. The lowest BCUT2D eigenvalue weighted by Crippen LogP contribution is -2.04. The first-order valence-corrected chi connectivity index (χ1v) is 13.5. The summed E-state index contributed by atoms with van der Waals surface area (Å²) < 4.78 is 47.2. The molecule has 0 amide bonds. The van der Waals surface area contributed by atoms with Crippen LogP contribution in [0.5, 0.6) is 5.75 Å². The van der Waals surface area contributed by atoms with Gasteiger partial charge in [-0.15, -0.1) is 11.3 Å². The summed E-state index contributed by atoms with van der Waals surface area (Å²) in [6.07, 6.45) is -3.80. The summed E-state index contributed by atoms with van der Waals surface area (Å²) in [6.45, 7) is 6.16. The van der Waals surface area contributed by atoms with E-state index in [2.05, 4.69) is 9.71 Å². The number of rotatable bonds is 9. The van der Waals surface area contributed by atoms with Crippen LogP contribution in [0.25, 0.3) is 10.6 Å². The van der Waals surface area contributed by atoms with Crippen molar-refractivity contribution < 1.29 is 27.8 Å². The molecule has 38 heavy (non-hydrogen) atoms. The summed E-state index contributed by atoms with van der Waals surface area (Å²) in [7, 11) is 0. The Morgan fingerprint density at radius 2 is 1.74 bits per heavy atom. The molecule has 0 fully saturated rings. The Morgan fingerprint density at radius 3 is 2.37 bits per heavy atom. The van der Waals surface area contributed by atoms with Crippen molar-refractivity contribution in [3.8, 4) is 16.3 Å². The smallest absolute Gasteiger partial charge is 0.416 e. The minimum Gasteiger partial charge on any atom is -0.493 e. The predicted octanol–water partition coefficient (Wildman–Crippen LogP) is 8.60. The number of aromatic nitrogens is 1. The zero-order chi connectivity index (χ0) is 27.7. The third-order valence-electron chi connectivity index (χ3n) is 5.22. The molecule has 0 bridgehead atoms. The highest BCUT2D eigenvalue weighted by atomic mass is 32.2. The van der Waals surface area contributed by atoms with Gasteiger partial charge < -0.3 is 14.6 Å². The third kappa shape index (κ3) is 8.00. The molecule has 3 aromatic carbocycles. The first-order chi connectivity index (χ1) is 18.2. The van der Waals surface area contributed by atoms with E-state index in [1.165, 1.54) is 35.4 Å². The molecular formula is C28H27F3N2O3S2. The van der Waals surface area contributed by atoms with E-state index in [9.17, 15) is 23.1 Å². The second kappa shape index (κ2) is 13.3. The van der Waals surface area contributed by atoms with E-state index < -0.39 is 17.7 Å². The molecular weight excluding hydrogens is 533 g/mol. The molecule has 0 aliphatic rings. The molecule has 2 N–H and O–H groups in total. The Balaban J connectivity index is 0.00000195. The molecule has 1 heterocycles. The Bertz CT molecular complexity index is 1340. The number of carboxylic acid groups (broad SMARTS) is 1. The van der Waals surface area contributed by atoms with Crippen molar-refractivity contribution in [3.05, 3.63) is 94.5 Å². The second-order valence-corrected chi connectivity index (χ2v) is 9.57. The molecule has 0 atom stereocenters. The van der Waals surface area contributed by atoms with E-state index in [0.29, 0.717) is 34.9 Å². The quantitative estimate of drug-likeness (QED) is 0.200. The molecule has 0 aliphatic carbocycles. The van der Waals surface area contributed by atoms with Crippen molar-refractivity contribution in [2.24, 2.45) is 0 Å². The van der Waals surface area contributed by atoms with E-state index in [0.717, 1.165) is 28.4 Å². The van der Waals surface area contributed by atoms with E-state index >= 15 is 0 Å². The summed E-state index contributed by atoms with van der Waals surface area (Å²) in [5.74, 6) is -0.267. The average Bonchev–Trinajstić information content (AvgIpc) is 3.38. The van der Waals surface area contributed by atoms with Gasteiger partial charge in [0.25, 0.3) is 0 Å². The lowest BCUT2D eigenvalue weighted by Gasteiger charge is -2.09. The molecule has 200 valence electrons. The number of hydrogen-bond acceptors (Lipinski definition) is 6. The number of nitrogens with one attached hydrogen (secondary N) is 1. The van der Waals surface area contributed by atoms with Crippen LogP contribution in [0.2, 0.25) is 0 Å². The number of aromatic carboxylic acids is 1. The largest absolute Gasteiger partial charge is 0.493 e. The molecule has 4 aromatic rings. The average molecular weight is 561 g/mol. The van der Waals surface area contributed by atoms with E-state index in [1.54, 1.807) is 19.1 Å². The number of thiazole rings is 1. The Kier molecular flexibility index (Phi) is 10.2. The summed E-state index contributed by atoms with van der Waals surface area (Å²) in [5, 5.41) is 11.8. The van der Waals surface area contributed by atoms with Crippen LogP contribution in [0.15, 0.2) is 77.0 Å². The van der Waals surface area contributed by atoms with E-state index in [4.69, 9.17) is 4.74 Å². The predicted molar refractivity (Wildman–Crippen MR) is 147 cm³/mol. The lowest BCUT2D eigenvalue weighted by atomic mass is 10.1. The SMILES string of the molecule is CC.Cc1ccc(SNc2ccc(OCCc3csc(-c4ccc(C(F)(F)F)cc4)n3)cc2)cc1C(=O)O. The van der Waals surface area contributed by atoms with Crippen molar-refractivity contribution in [2.45, 2.75) is 38.3 Å².